The number of likely N-dealkylation sites (tertiary alicyclic amines) is 1. The average molecular weight is 464 g/mol. The van der Waals surface area contributed by atoms with Crippen LogP contribution in [-0.4, -0.2) is 32.3 Å². The zero-order chi connectivity index (χ0) is 23.4. The second-order valence-corrected chi connectivity index (χ2v) is 10.2. The largest absolute Gasteiger partial charge is 0.322 e. The second kappa shape index (κ2) is 9.77. The molecule has 0 radical (unpaired) electrons. The van der Waals surface area contributed by atoms with E-state index in [0.29, 0.717) is 22.5 Å². The lowest BCUT2D eigenvalue weighted by Gasteiger charge is -2.15. The Balaban J connectivity index is 1.51. The second-order valence-electron chi connectivity index (χ2n) is 8.59. The van der Waals surface area contributed by atoms with Crippen molar-refractivity contribution >= 4 is 27.3 Å². The fourth-order valence-electron chi connectivity index (χ4n) is 4.10. The molecule has 172 valence electrons. The summed E-state index contributed by atoms with van der Waals surface area (Å²) >= 11 is 0. The molecule has 1 aliphatic heterocycles. The topological polar surface area (TPSA) is 78.5 Å². The molecule has 0 spiro atoms. The Labute approximate surface area is 195 Å². The minimum absolute atomic E-state index is 0.129. The van der Waals surface area contributed by atoms with Gasteiger partial charge in [0.15, 0.2) is 0 Å². The van der Waals surface area contributed by atoms with Crippen LogP contribution in [0, 0.1) is 13.8 Å². The van der Waals surface area contributed by atoms with Crippen LogP contribution in [0.15, 0.2) is 71.6 Å². The summed E-state index contributed by atoms with van der Waals surface area (Å²) in [7, 11) is -3.81. The molecule has 1 amide bonds. The maximum atomic E-state index is 13.0. The van der Waals surface area contributed by atoms with Crippen LogP contribution in [0.5, 0.6) is 0 Å². The molecule has 0 unspecified atom stereocenters. The van der Waals surface area contributed by atoms with Gasteiger partial charge in [-0.15, -0.1) is 0 Å². The first-order valence-corrected chi connectivity index (χ1v) is 12.6. The highest BCUT2D eigenvalue weighted by Crippen LogP contribution is 2.24. The minimum Gasteiger partial charge on any atom is -0.322 e. The molecule has 4 rings (SSSR count). The van der Waals surface area contributed by atoms with Gasteiger partial charge in [-0.1, -0.05) is 30.3 Å². The molecule has 3 aromatic carbocycles. The highest BCUT2D eigenvalue weighted by molar-refractivity contribution is 7.92. The number of anilines is 2. The SMILES string of the molecule is Cc1cccc(NS(=O)(=O)c2cc(NC(=O)c3cccc(CN4CCCC4)c3)ccc2C)c1. The smallest absolute Gasteiger partial charge is 0.262 e. The van der Waals surface area contributed by atoms with Crippen LogP contribution in [0.25, 0.3) is 0 Å². The number of carbonyl (C=O) groups excluding carboxylic acids is 1. The van der Waals surface area contributed by atoms with Gasteiger partial charge < -0.3 is 5.32 Å². The van der Waals surface area contributed by atoms with Gasteiger partial charge in [0.25, 0.3) is 15.9 Å². The molecule has 3 aromatic rings. The molecule has 0 atom stereocenters. The molecule has 0 bridgehead atoms. The van der Waals surface area contributed by atoms with Gasteiger partial charge >= 0.3 is 0 Å². The van der Waals surface area contributed by atoms with Gasteiger partial charge in [0.05, 0.1) is 4.90 Å². The number of sulfonamides is 1. The van der Waals surface area contributed by atoms with Crippen LogP contribution >= 0.6 is 0 Å². The molecule has 2 N–H and O–H groups in total. The van der Waals surface area contributed by atoms with E-state index in [-0.39, 0.29) is 10.8 Å². The first-order valence-electron chi connectivity index (χ1n) is 11.1. The molecular weight excluding hydrogens is 434 g/mol. The van der Waals surface area contributed by atoms with Crippen LogP contribution in [0.3, 0.4) is 0 Å². The van der Waals surface area contributed by atoms with Gasteiger partial charge in [-0.05, 0) is 92.9 Å². The number of nitrogens with zero attached hydrogens (tertiary/aromatic N) is 1. The third-order valence-electron chi connectivity index (χ3n) is 5.80. The summed E-state index contributed by atoms with van der Waals surface area (Å²) in [6, 6.07) is 19.7. The Bertz CT molecular complexity index is 1270. The molecule has 1 aliphatic rings. The maximum Gasteiger partial charge on any atom is 0.262 e. The van der Waals surface area contributed by atoms with E-state index >= 15 is 0 Å². The van der Waals surface area contributed by atoms with Crippen molar-refractivity contribution in [1.82, 2.24) is 4.90 Å². The van der Waals surface area contributed by atoms with Crippen molar-refractivity contribution in [1.29, 1.82) is 0 Å². The van der Waals surface area contributed by atoms with Crippen molar-refractivity contribution in [2.45, 2.75) is 38.1 Å². The molecule has 1 saturated heterocycles. The van der Waals surface area contributed by atoms with Gasteiger partial charge in [0.1, 0.15) is 0 Å². The standard InChI is InChI=1S/C26H29N3O3S/c1-19-7-5-10-24(15-19)28-33(31,32)25-17-23(12-11-20(25)2)27-26(30)22-9-6-8-21(16-22)18-29-13-3-4-14-29/h5-12,15-17,28H,3-4,13-14,18H2,1-2H3,(H,27,30). The normalized spacial score (nSPS) is 14.2. The molecule has 7 heteroatoms. The molecule has 33 heavy (non-hydrogen) atoms. The fourth-order valence-corrected chi connectivity index (χ4v) is 5.42. The Hall–Kier alpha value is -3.16. The summed E-state index contributed by atoms with van der Waals surface area (Å²) in [4.78, 5) is 15.4. The molecule has 0 aromatic heterocycles. The van der Waals surface area contributed by atoms with Crippen molar-refractivity contribution < 1.29 is 13.2 Å². The minimum atomic E-state index is -3.81. The van der Waals surface area contributed by atoms with Gasteiger partial charge in [-0.2, -0.15) is 0 Å². The van der Waals surface area contributed by atoms with E-state index in [9.17, 15) is 13.2 Å². The van der Waals surface area contributed by atoms with E-state index in [1.165, 1.54) is 18.9 Å². The van der Waals surface area contributed by atoms with Crippen molar-refractivity contribution in [2.24, 2.45) is 0 Å². The number of hydrogen-bond donors (Lipinski definition) is 2. The highest BCUT2D eigenvalue weighted by atomic mass is 32.2. The molecule has 6 nitrogen and oxygen atoms in total. The Morgan fingerprint density at radius 1 is 0.909 bits per heavy atom. The lowest BCUT2D eigenvalue weighted by Crippen LogP contribution is -2.19. The van der Waals surface area contributed by atoms with Crippen LogP contribution in [0.1, 0.15) is 39.9 Å². The van der Waals surface area contributed by atoms with Crippen LogP contribution in [0.4, 0.5) is 11.4 Å². The van der Waals surface area contributed by atoms with Gasteiger partial charge in [-0.25, -0.2) is 8.42 Å². The van der Waals surface area contributed by atoms with Crippen LogP contribution < -0.4 is 10.0 Å². The van der Waals surface area contributed by atoms with Crippen LogP contribution in [0.2, 0.25) is 0 Å². The fraction of sp³-hybridized carbons (Fsp3) is 0.269. The highest BCUT2D eigenvalue weighted by Gasteiger charge is 2.19. The third-order valence-corrected chi connectivity index (χ3v) is 7.32. The van der Waals surface area contributed by atoms with E-state index in [0.717, 1.165) is 30.8 Å². The van der Waals surface area contributed by atoms with Crippen molar-refractivity contribution in [3.8, 4) is 0 Å². The van der Waals surface area contributed by atoms with E-state index in [2.05, 4.69) is 14.9 Å². The number of rotatable bonds is 7. The summed E-state index contributed by atoms with van der Waals surface area (Å²) in [6.07, 6.45) is 2.44. The summed E-state index contributed by atoms with van der Waals surface area (Å²) in [6.45, 7) is 6.65. The quantitative estimate of drug-likeness (QED) is 0.520. The molecule has 1 fully saturated rings. The van der Waals surface area contributed by atoms with E-state index in [1.807, 2.05) is 31.2 Å². The summed E-state index contributed by atoms with van der Waals surface area (Å²) in [5, 5.41) is 2.85. The number of benzene rings is 3. The first-order chi connectivity index (χ1) is 15.8. The monoisotopic (exact) mass is 463 g/mol. The molecule has 1 heterocycles. The molecule has 0 aliphatic carbocycles. The van der Waals surface area contributed by atoms with Crippen molar-refractivity contribution in [3.63, 3.8) is 0 Å². The third kappa shape index (κ3) is 5.80. The Kier molecular flexibility index (Phi) is 6.81. The van der Waals surface area contributed by atoms with E-state index < -0.39 is 10.0 Å². The number of hydrogen-bond acceptors (Lipinski definition) is 4. The number of aryl methyl sites for hydroxylation is 2. The van der Waals surface area contributed by atoms with Gasteiger partial charge in [-0.3, -0.25) is 14.4 Å². The Morgan fingerprint density at radius 3 is 2.42 bits per heavy atom. The van der Waals surface area contributed by atoms with E-state index in [1.54, 1.807) is 43.3 Å². The van der Waals surface area contributed by atoms with Crippen molar-refractivity contribution in [3.05, 3.63) is 89.0 Å². The number of carbonyl (C=O) groups is 1. The Morgan fingerprint density at radius 2 is 1.67 bits per heavy atom. The van der Waals surface area contributed by atoms with Crippen molar-refractivity contribution in [2.75, 3.05) is 23.1 Å². The lowest BCUT2D eigenvalue weighted by atomic mass is 10.1. The zero-order valence-corrected chi connectivity index (χ0v) is 19.8. The first kappa shape index (κ1) is 23.0. The molecule has 0 saturated carbocycles. The van der Waals surface area contributed by atoms with Gasteiger partial charge in [0, 0.05) is 23.5 Å². The maximum absolute atomic E-state index is 13.0. The summed E-state index contributed by atoms with van der Waals surface area (Å²) in [5.74, 6) is -0.267. The van der Waals surface area contributed by atoms with E-state index in [4.69, 9.17) is 0 Å². The number of amides is 1. The average Bonchev–Trinajstić information content (AvgIpc) is 3.28. The molecular formula is C26H29N3O3S. The summed E-state index contributed by atoms with van der Waals surface area (Å²) in [5.41, 5.74) is 4.13. The summed E-state index contributed by atoms with van der Waals surface area (Å²) < 4.78 is 28.7. The predicted octanol–water partition coefficient (Wildman–Crippen LogP) is 4.95. The van der Waals surface area contributed by atoms with Crippen LogP contribution in [-0.2, 0) is 16.6 Å². The zero-order valence-electron chi connectivity index (χ0n) is 19.0. The lowest BCUT2D eigenvalue weighted by molar-refractivity contribution is 0.102. The predicted molar refractivity (Wildman–Crippen MR) is 132 cm³/mol. The van der Waals surface area contributed by atoms with Gasteiger partial charge in [0.2, 0.25) is 0 Å². The number of nitrogens with one attached hydrogen (secondary N) is 2.